The van der Waals surface area contributed by atoms with Gasteiger partial charge >= 0.3 is 6.09 Å². The summed E-state index contributed by atoms with van der Waals surface area (Å²) in [5.74, 6) is 0.816. The van der Waals surface area contributed by atoms with Crippen LogP contribution in [0, 0.1) is 0 Å². The maximum absolute atomic E-state index is 11.2. The lowest BCUT2D eigenvalue weighted by Crippen LogP contribution is -2.40. The van der Waals surface area contributed by atoms with Gasteiger partial charge in [0.15, 0.2) is 5.96 Å². The van der Waals surface area contributed by atoms with Gasteiger partial charge in [-0.05, 0) is 37.6 Å². The SMILES string of the molecule is CCNC(=NCc1ccc(NC(=O)OC)cc1)NCCCN1CCOCC1. The van der Waals surface area contributed by atoms with Gasteiger partial charge in [-0.15, -0.1) is 0 Å². The molecule has 2 rings (SSSR count). The van der Waals surface area contributed by atoms with Crippen molar-refractivity contribution >= 4 is 17.7 Å². The molecule has 150 valence electrons. The number of nitrogens with zero attached hydrogens (tertiary/aromatic N) is 2. The third kappa shape index (κ3) is 8.27. The zero-order valence-corrected chi connectivity index (χ0v) is 16.3. The van der Waals surface area contributed by atoms with Gasteiger partial charge < -0.3 is 20.1 Å². The van der Waals surface area contributed by atoms with Crippen LogP contribution in [0.3, 0.4) is 0 Å². The number of hydrogen-bond acceptors (Lipinski definition) is 5. The highest BCUT2D eigenvalue weighted by Crippen LogP contribution is 2.10. The molecule has 1 heterocycles. The minimum absolute atomic E-state index is 0.475. The molecule has 0 radical (unpaired) electrons. The Bertz CT molecular complexity index is 586. The number of anilines is 1. The van der Waals surface area contributed by atoms with E-state index in [1.807, 2.05) is 24.3 Å². The third-order valence-electron chi connectivity index (χ3n) is 4.20. The monoisotopic (exact) mass is 377 g/mol. The lowest BCUT2D eigenvalue weighted by molar-refractivity contribution is 0.0376. The Morgan fingerprint density at radius 3 is 2.63 bits per heavy atom. The maximum atomic E-state index is 11.2. The standard InChI is InChI=1S/C19H31N5O3/c1-3-20-18(21-9-4-10-24-11-13-27-14-12-24)22-15-16-5-7-17(8-6-16)23-19(25)26-2/h5-8H,3-4,9-15H2,1-2H3,(H,23,25)(H2,20,21,22). The summed E-state index contributed by atoms with van der Waals surface area (Å²) in [6.45, 7) is 9.11. The van der Waals surface area contributed by atoms with E-state index in [0.29, 0.717) is 12.2 Å². The van der Waals surface area contributed by atoms with E-state index >= 15 is 0 Å². The number of ether oxygens (including phenoxy) is 2. The van der Waals surface area contributed by atoms with Gasteiger partial charge in [-0.3, -0.25) is 10.2 Å². The molecule has 27 heavy (non-hydrogen) atoms. The van der Waals surface area contributed by atoms with Crippen LogP contribution < -0.4 is 16.0 Å². The summed E-state index contributed by atoms with van der Waals surface area (Å²) < 4.78 is 9.95. The number of benzene rings is 1. The fourth-order valence-corrected chi connectivity index (χ4v) is 2.71. The van der Waals surface area contributed by atoms with Crippen molar-refractivity contribution in [3.63, 3.8) is 0 Å². The quantitative estimate of drug-likeness (QED) is 0.363. The van der Waals surface area contributed by atoms with Crippen LogP contribution in [0.1, 0.15) is 18.9 Å². The van der Waals surface area contributed by atoms with E-state index in [1.165, 1.54) is 7.11 Å². The van der Waals surface area contributed by atoms with E-state index in [1.54, 1.807) is 0 Å². The zero-order chi connectivity index (χ0) is 19.3. The third-order valence-corrected chi connectivity index (χ3v) is 4.20. The highest BCUT2D eigenvalue weighted by atomic mass is 16.5. The largest absolute Gasteiger partial charge is 0.453 e. The van der Waals surface area contributed by atoms with Gasteiger partial charge in [0.25, 0.3) is 0 Å². The second kappa shape index (κ2) is 12.1. The number of amides is 1. The number of guanidine groups is 1. The molecule has 0 spiro atoms. The Morgan fingerprint density at radius 2 is 1.96 bits per heavy atom. The highest BCUT2D eigenvalue weighted by Gasteiger charge is 2.09. The number of nitrogens with one attached hydrogen (secondary N) is 3. The molecule has 1 aliphatic rings. The summed E-state index contributed by atoms with van der Waals surface area (Å²) in [5.41, 5.74) is 1.76. The minimum atomic E-state index is -0.475. The number of rotatable bonds is 8. The summed E-state index contributed by atoms with van der Waals surface area (Å²) in [6, 6.07) is 7.56. The summed E-state index contributed by atoms with van der Waals surface area (Å²) in [7, 11) is 1.34. The molecule has 1 saturated heterocycles. The predicted octanol–water partition coefficient (Wildman–Crippen LogP) is 1.64. The molecule has 0 bridgehead atoms. The van der Waals surface area contributed by atoms with Crippen molar-refractivity contribution in [1.29, 1.82) is 0 Å². The van der Waals surface area contributed by atoms with Crippen molar-refractivity contribution in [1.82, 2.24) is 15.5 Å². The van der Waals surface area contributed by atoms with Crippen LogP contribution in [0.25, 0.3) is 0 Å². The van der Waals surface area contributed by atoms with Gasteiger partial charge in [-0.25, -0.2) is 9.79 Å². The Morgan fingerprint density at radius 1 is 1.22 bits per heavy atom. The van der Waals surface area contributed by atoms with E-state index in [0.717, 1.165) is 63.9 Å². The predicted molar refractivity (Wildman–Crippen MR) is 107 cm³/mol. The second-order valence-corrected chi connectivity index (χ2v) is 6.24. The van der Waals surface area contributed by atoms with Gasteiger partial charge in [-0.1, -0.05) is 12.1 Å². The van der Waals surface area contributed by atoms with Gasteiger partial charge in [0.05, 0.1) is 26.9 Å². The molecule has 0 aliphatic carbocycles. The first kappa shape index (κ1) is 21.0. The summed E-state index contributed by atoms with van der Waals surface area (Å²) in [4.78, 5) is 18.3. The minimum Gasteiger partial charge on any atom is -0.453 e. The van der Waals surface area contributed by atoms with E-state index in [-0.39, 0.29) is 0 Å². The molecule has 1 fully saturated rings. The fraction of sp³-hybridized carbons (Fsp3) is 0.579. The zero-order valence-electron chi connectivity index (χ0n) is 16.3. The number of carbonyl (C=O) groups is 1. The van der Waals surface area contributed by atoms with E-state index < -0.39 is 6.09 Å². The fourth-order valence-electron chi connectivity index (χ4n) is 2.71. The Balaban J connectivity index is 1.75. The topological polar surface area (TPSA) is 87.2 Å². The smallest absolute Gasteiger partial charge is 0.411 e. The van der Waals surface area contributed by atoms with Crippen molar-refractivity contribution < 1.29 is 14.3 Å². The normalized spacial score (nSPS) is 15.3. The van der Waals surface area contributed by atoms with E-state index in [9.17, 15) is 4.79 Å². The van der Waals surface area contributed by atoms with Crippen LogP contribution in [-0.4, -0.2) is 70.0 Å². The van der Waals surface area contributed by atoms with Crippen molar-refractivity contribution in [3.8, 4) is 0 Å². The molecule has 0 saturated carbocycles. The molecule has 8 nitrogen and oxygen atoms in total. The summed E-state index contributed by atoms with van der Waals surface area (Å²) in [6.07, 6.45) is 0.592. The highest BCUT2D eigenvalue weighted by molar-refractivity contribution is 5.84. The van der Waals surface area contributed by atoms with Crippen LogP contribution in [0.4, 0.5) is 10.5 Å². The van der Waals surface area contributed by atoms with Crippen LogP contribution in [-0.2, 0) is 16.0 Å². The molecular weight excluding hydrogens is 346 g/mol. The van der Waals surface area contributed by atoms with Crippen LogP contribution >= 0.6 is 0 Å². The molecular formula is C19H31N5O3. The van der Waals surface area contributed by atoms with Crippen molar-refractivity contribution in [3.05, 3.63) is 29.8 Å². The van der Waals surface area contributed by atoms with Crippen molar-refractivity contribution in [2.75, 3.05) is 58.4 Å². The second-order valence-electron chi connectivity index (χ2n) is 6.24. The maximum Gasteiger partial charge on any atom is 0.411 e. The molecule has 8 heteroatoms. The first-order valence-electron chi connectivity index (χ1n) is 9.47. The molecule has 1 aliphatic heterocycles. The number of carbonyl (C=O) groups excluding carboxylic acids is 1. The van der Waals surface area contributed by atoms with Gasteiger partial charge in [0, 0.05) is 31.9 Å². The molecule has 0 unspecified atom stereocenters. The summed E-state index contributed by atoms with van der Waals surface area (Å²) >= 11 is 0. The number of morpholine rings is 1. The number of aliphatic imine (C=N–C) groups is 1. The molecule has 1 aromatic carbocycles. The van der Waals surface area contributed by atoms with Gasteiger partial charge in [0.1, 0.15) is 0 Å². The summed E-state index contributed by atoms with van der Waals surface area (Å²) in [5, 5.41) is 9.28. The Hall–Kier alpha value is -2.32. The van der Waals surface area contributed by atoms with Crippen molar-refractivity contribution in [2.45, 2.75) is 19.9 Å². The molecule has 1 amide bonds. The van der Waals surface area contributed by atoms with Crippen LogP contribution in [0.15, 0.2) is 29.3 Å². The van der Waals surface area contributed by atoms with E-state index in [2.05, 4.69) is 37.5 Å². The number of hydrogen-bond donors (Lipinski definition) is 3. The van der Waals surface area contributed by atoms with Crippen LogP contribution in [0.2, 0.25) is 0 Å². The average molecular weight is 377 g/mol. The van der Waals surface area contributed by atoms with E-state index in [4.69, 9.17) is 4.74 Å². The number of methoxy groups -OCH3 is 1. The Kier molecular flexibility index (Phi) is 9.43. The van der Waals surface area contributed by atoms with Gasteiger partial charge in [0.2, 0.25) is 0 Å². The van der Waals surface area contributed by atoms with Crippen LogP contribution in [0.5, 0.6) is 0 Å². The lowest BCUT2D eigenvalue weighted by atomic mass is 10.2. The lowest BCUT2D eigenvalue weighted by Gasteiger charge is -2.26. The molecule has 0 aromatic heterocycles. The van der Waals surface area contributed by atoms with Crippen molar-refractivity contribution in [2.24, 2.45) is 4.99 Å². The van der Waals surface area contributed by atoms with Gasteiger partial charge in [-0.2, -0.15) is 0 Å². The molecule has 0 atom stereocenters. The average Bonchev–Trinajstić information content (AvgIpc) is 2.71. The molecule has 3 N–H and O–H groups in total. The first-order chi connectivity index (χ1) is 13.2. The Labute approximate surface area is 161 Å². The first-order valence-corrected chi connectivity index (χ1v) is 9.47. The molecule has 1 aromatic rings.